The summed E-state index contributed by atoms with van der Waals surface area (Å²) in [6, 6.07) is 4.90. The summed E-state index contributed by atoms with van der Waals surface area (Å²) >= 11 is 3.29. The van der Waals surface area contributed by atoms with Crippen LogP contribution in [-0.2, 0) is 10.0 Å². The summed E-state index contributed by atoms with van der Waals surface area (Å²) in [5.74, 6) is 0.939. The lowest BCUT2D eigenvalue weighted by atomic mass is 9.90. The summed E-state index contributed by atoms with van der Waals surface area (Å²) in [6.07, 6.45) is 0.900. The van der Waals surface area contributed by atoms with Gasteiger partial charge in [-0.1, -0.05) is 29.8 Å². The molecule has 19 heavy (non-hydrogen) atoms. The summed E-state index contributed by atoms with van der Waals surface area (Å²) in [5, 5.41) is 0. The van der Waals surface area contributed by atoms with E-state index in [2.05, 4.69) is 29.8 Å². The molecule has 0 saturated carbocycles. The van der Waals surface area contributed by atoms with Crippen LogP contribution in [0.5, 0.6) is 0 Å². The first-order valence-corrected chi connectivity index (χ1v) is 8.61. The standard InChI is InChI=1S/C13H19BrN2O2S/c1-9-5-6-16(8-10(9)2)19(17,18)13-4-3-11(14)7-12(13)15/h3-4,7,9-10H,5-6,8,15H2,1-2H3. The third kappa shape index (κ3) is 2.95. The molecule has 0 radical (unpaired) electrons. The van der Waals surface area contributed by atoms with E-state index in [1.54, 1.807) is 22.5 Å². The molecule has 2 atom stereocenters. The molecular weight excluding hydrogens is 328 g/mol. The molecule has 1 saturated heterocycles. The largest absolute Gasteiger partial charge is 0.398 e. The molecule has 0 aromatic heterocycles. The molecule has 1 aromatic rings. The van der Waals surface area contributed by atoms with Gasteiger partial charge in [-0.2, -0.15) is 4.31 Å². The molecular formula is C13H19BrN2O2S. The predicted octanol–water partition coefficient (Wildman–Crippen LogP) is 2.70. The smallest absolute Gasteiger partial charge is 0.245 e. The Labute approximate surface area is 123 Å². The van der Waals surface area contributed by atoms with E-state index < -0.39 is 10.0 Å². The van der Waals surface area contributed by atoms with Gasteiger partial charge in [-0.3, -0.25) is 0 Å². The number of nitrogens with two attached hydrogens (primary N) is 1. The van der Waals surface area contributed by atoms with Crippen LogP contribution in [0.2, 0.25) is 0 Å². The van der Waals surface area contributed by atoms with Crippen molar-refractivity contribution in [1.29, 1.82) is 0 Å². The highest BCUT2D eigenvalue weighted by Gasteiger charge is 2.32. The molecule has 1 aromatic carbocycles. The van der Waals surface area contributed by atoms with Crippen molar-refractivity contribution in [2.24, 2.45) is 11.8 Å². The van der Waals surface area contributed by atoms with Crippen LogP contribution in [0, 0.1) is 11.8 Å². The van der Waals surface area contributed by atoms with Gasteiger partial charge in [0.2, 0.25) is 10.0 Å². The van der Waals surface area contributed by atoms with E-state index in [0.717, 1.165) is 10.9 Å². The SMILES string of the molecule is CC1CCN(S(=O)(=O)c2ccc(Br)cc2N)CC1C. The fourth-order valence-corrected chi connectivity index (χ4v) is 4.37. The molecule has 2 unspecified atom stereocenters. The number of rotatable bonds is 2. The molecule has 1 aliphatic rings. The number of nitrogens with zero attached hydrogens (tertiary/aromatic N) is 1. The summed E-state index contributed by atoms with van der Waals surface area (Å²) in [5.41, 5.74) is 6.13. The zero-order chi connectivity index (χ0) is 14.2. The Balaban J connectivity index is 2.32. The highest BCUT2D eigenvalue weighted by Crippen LogP contribution is 2.30. The molecule has 6 heteroatoms. The minimum Gasteiger partial charge on any atom is -0.398 e. The van der Waals surface area contributed by atoms with Crippen LogP contribution in [-0.4, -0.2) is 25.8 Å². The van der Waals surface area contributed by atoms with Crippen LogP contribution in [0.15, 0.2) is 27.6 Å². The van der Waals surface area contributed by atoms with Crippen molar-refractivity contribution in [3.63, 3.8) is 0 Å². The lowest BCUT2D eigenvalue weighted by molar-refractivity contribution is 0.212. The quantitative estimate of drug-likeness (QED) is 0.837. The van der Waals surface area contributed by atoms with E-state index in [9.17, 15) is 8.42 Å². The molecule has 1 heterocycles. The first kappa shape index (κ1) is 14.8. The maximum absolute atomic E-state index is 12.6. The highest BCUT2D eigenvalue weighted by atomic mass is 79.9. The van der Waals surface area contributed by atoms with Crippen molar-refractivity contribution in [1.82, 2.24) is 4.31 Å². The molecule has 106 valence electrons. The fourth-order valence-electron chi connectivity index (χ4n) is 2.34. The second-order valence-corrected chi connectivity index (χ2v) is 8.11. The number of halogens is 1. The molecule has 0 spiro atoms. The van der Waals surface area contributed by atoms with Gasteiger partial charge in [0.25, 0.3) is 0 Å². The summed E-state index contributed by atoms with van der Waals surface area (Å²) < 4.78 is 27.5. The summed E-state index contributed by atoms with van der Waals surface area (Å²) in [4.78, 5) is 0.206. The summed E-state index contributed by atoms with van der Waals surface area (Å²) in [7, 11) is -3.48. The molecule has 2 rings (SSSR count). The van der Waals surface area contributed by atoms with Crippen LogP contribution >= 0.6 is 15.9 Å². The Morgan fingerprint density at radius 2 is 2.00 bits per heavy atom. The van der Waals surface area contributed by atoms with Crippen molar-refractivity contribution < 1.29 is 8.42 Å². The van der Waals surface area contributed by atoms with Gasteiger partial charge in [-0.25, -0.2) is 8.42 Å². The van der Waals surface area contributed by atoms with Crippen molar-refractivity contribution in [2.75, 3.05) is 18.8 Å². The van der Waals surface area contributed by atoms with E-state index in [4.69, 9.17) is 5.73 Å². The van der Waals surface area contributed by atoms with Gasteiger partial charge in [0, 0.05) is 17.6 Å². The van der Waals surface area contributed by atoms with Gasteiger partial charge in [0.1, 0.15) is 4.90 Å². The highest BCUT2D eigenvalue weighted by molar-refractivity contribution is 9.10. The Kier molecular flexibility index (Phi) is 4.23. The van der Waals surface area contributed by atoms with Gasteiger partial charge < -0.3 is 5.73 Å². The minimum absolute atomic E-state index is 0.206. The molecule has 1 aliphatic heterocycles. The maximum Gasteiger partial charge on any atom is 0.245 e. The molecule has 0 bridgehead atoms. The Bertz CT molecular complexity index is 574. The zero-order valence-electron chi connectivity index (χ0n) is 11.1. The second kappa shape index (κ2) is 5.42. The minimum atomic E-state index is -3.48. The average molecular weight is 347 g/mol. The number of sulfonamides is 1. The lowest BCUT2D eigenvalue weighted by Gasteiger charge is -2.34. The number of piperidine rings is 1. The van der Waals surface area contributed by atoms with Gasteiger partial charge in [-0.05, 0) is 36.5 Å². The number of benzene rings is 1. The molecule has 0 amide bonds. The topological polar surface area (TPSA) is 63.4 Å². The third-order valence-electron chi connectivity index (χ3n) is 3.89. The normalized spacial score (nSPS) is 25.4. The number of anilines is 1. The molecule has 4 nitrogen and oxygen atoms in total. The first-order chi connectivity index (χ1) is 8.82. The van der Waals surface area contributed by atoms with Gasteiger partial charge >= 0.3 is 0 Å². The Hall–Kier alpha value is -0.590. The monoisotopic (exact) mass is 346 g/mol. The van der Waals surface area contributed by atoms with E-state index in [1.807, 2.05) is 0 Å². The maximum atomic E-state index is 12.6. The van der Waals surface area contributed by atoms with Crippen molar-refractivity contribution in [3.8, 4) is 0 Å². The van der Waals surface area contributed by atoms with E-state index in [-0.39, 0.29) is 4.90 Å². The van der Waals surface area contributed by atoms with E-state index in [0.29, 0.717) is 30.6 Å². The van der Waals surface area contributed by atoms with Crippen molar-refractivity contribution >= 4 is 31.6 Å². The number of hydrogen-bond donors (Lipinski definition) is 1. The number of hydrogen-bond acceptors (Lipinski definition) is 3. The second-order valence-electron chi connectivity index (χ2n) is 5.29. The molecule has 0 aliphatic carbocycles. The Morgan fingerprint density at radius 3 is 2.58 bits per heavy atom. The molecule has 2 N–H and O–H groups in total. The van der Waals surface area contributed by atoms with E-state index in [1.165, 1.54) is 0 Å². The van der Waals surface area contributed by atoms with Crippen LogP contribution in [0.4, 0.5) is 5.69 Å². The fraction of sp³-hybridized carbons (Fsp3) is 0.538. The predicted molar refractivity (Wildman–Crippen MR) is 80.3 cm³/mol. The van der Waals surface area contributed by atoms with Crippen LogP contribution in [0.3, 0.4) is 0 Å². The van der Waals surface area contributed by atoms with Crippen molar-refractivity contribution in [2.45, 2.75) is 25.2 Å². The molecule has 1 fully saturated rings. The zero-order valence-corrected chi connectivity index (χ0v) is 13.5. The average Bonchev–Trinajstić information content (AvgIpc) is 2.32. The van der Waals surface area contributed by atoms with E-state index >= 15 is 0 Å². The van der Waals surface area contributed by atoms with Gasteiger partial charge in [0.15, 0.2) is 0 Å². The van der Waals surface area contributed by atoms with Crippen molar-refractivity contribution in [3.05, 3.63) is 22.7 Å². The van der Waals surface area contributed by atoms with Crippen LogP contribution in [0.25, 0.3) is 0 Å². The lowest BCUT2D eigenvalue weighted by Crippen LogP contribution is -2.42. The Morgan fingerprint density at radius 1 is 1.32 bits per heavy atom. The van der Waals surface area contributed by atoms with Crippen LogP contribution < -0.4 is 5.73 Å². The van der Waals surface area contributed by atoms with Crippen LogP contribution in [0.1, 0.15) is 20.3 Å². The number of nitrogen functional groups attached to an aromatic ring is 1. The third-order valence-corrected chi connectivity index (χ3v) is 6.32. The van der Waals surface area contributed by atoms with Gasteiger partial charge in [0.05, 0.1) is 5.69 Å². The summed E-state index contributed by atoms with van der Waals surface area (Å²) in [6.45, 7) is 5.41. The first-order valence-electron chi connectivity index (χ1n) is 6.37. The van der Waals surface area contributed by atoms with Gasteiger partial charge in [-0.15, -0.1) is 0 Å².